The Morgan fingerprint density at radius 3 is 1.36 bits per heavy atom. The van der Waals surface area contributed by atoms with E-state index in [0.29, 0.717) is 17.8 Å². The first-order valence-electron chi connectivity index (χ1n) is 15.2. The van der Waals surface area contributed by atoms with Crippen LogP contribution in [0.25, 0.3) is 0 Å². The topological polar surface area (TPSA) is 0 Å². The first-order valence-corrected chi connectivity index (χ1v) is 18.0. The molecule has 0 nitrogen and oxygen atoms in total. The maximum absolute atomic E-state index is 2.68. The summed E-state index contributed by atoms with van der Waals surface area (Å²) in [4.78, 5) is 0. The Morgan fingerprint density at radius 2 is 0.977 bits per heavy atom. The van der Waals surface area contributed by atoms with Crippen LogP contribution in [0.2, 0.25) is 0 Å². The van der Waals surface area contributed by atoms with Crippen LogP contribution in [0.3, 0.4) is 0 Å². The summed E-state index contributed by atoms with van der Waals surface area (Å²) in [7, 11) is -2.68. The minimum absolute atomic E-state index is 0. The van der Waals surface area contributed by atoms with Gasteiger partial charge in [0.1, 0.15) is 0 Å². The third-order valence-corrected chi connectivity index (χ3v) is 14.4. The number of allylic oxidation sites excluding steroid dienone is 4. The minimum atomic E-state index is -2.68. The van der Waals surface area contributed by atoms with Crippen molar-refractivity contribution >= 4 is 60.9 Å². The summed E-state index contributed by atoms with van der Waals surface area (Å²) in [5, 5.41) is 6.08. The summed E-state index contributed by atoms with van der Waals surface area (Å²) in [6.45, 7) is 13.9. The van der Waals surface area contributed by atoms with Gasteiger partial charge in [0, 0.05) is 0 Å². The van der Waals surface area contributed by atoms with E-state index in [9.17, 15) is 0 Å². The molecule has 5 heteroatoms. The van der Waals surface area contributed by atoms with E-state index in [1.54, 1.807) is 10.8 Å². The first-order chi connectivity index (χ1) is 19.7. The first kappa shape index (κ1) is 38.3. The molecule has 0 saturated carbocycles. The quantitative estimate of drug-likeness (QED) is 0.121. The van der Waals surface area contributed by atoms with Gasteiger partial charge in [-0.25, -0.2) is 0 Å². The molecule has 44 heavy (non-hydrogen) atoms. The van der Waals surface area contributed by atoms with E-state index in [4.69, 9.17) is 0 Å². The largest absolute Gasteiger partial charge is 0.147 e. The summed E-state index contributed by atoms with van der Waals surface area (Å²) >= 11 is 2.36. The van der Waals surface area contributed by atoms with Crippen molar-refractivity contribution < 1.29 is 20.4 Å². The molecular weight excluding hydrogens is 651 g/mol. The van der Waals surface area contributed by atoms with E-state index in [1.165, 1.54) is 41.7 Å². The van der Waals surface area contributed by atoms with Gasteiger partial charge in [-0.2, -0.15) is 0 Å². The Hall–Kier alpha value is -1.84. The van der Waals surface area contributed by atoms with Crippen LogP contribution in [-0.4, -0.2) is 8.07 Å². The van der Waals surface area contributed by atoms with E-state index < -0.39 is 8.07 Å². The zero-order valence-electron chi connectivity index (χ0n) is 26.8. The summed E-state index contributed by atoms with van der Waals surface area (Å²) in [5.41, 5.74) is 7.19. The molecule has 4 aromatic rings. The van der Waals surface area contributed by atoms with Gasteiger partial charge in [0.2, 0.25) is 0 Å². The van der Waals surface area contributed by atoms with E-state index in [0.717, 1.165) is 12.8 Å². The number of hydrogen-bond acceptors (Lipinski definition) is 0. The molecule has 0 heterocycles. The molecule has 0 aliphatic heterocycles. The molecule has 0 bridgehead atoms. The Balaban J connectivity index is 0.00000225. The van der Waals surface area contributed by atoms with E-state index >= 15 is 0 Å². The Bertz CT molecular complexity index is 1460. The summed E-state index contributed by atoms with van der Waals surface area (Å²) in [5.74, 6) is 1.43. The van der Waals surface area contributed by atoms with Gasteiger partial charge in [-0.05, 0) is 0 Å². The fourth-order valence-electron chi connectivity index (χ4n) is 6.35. The zero-order valence-corrected chi connectivity index (χ0v) is 31.8. The molecule has 4 aromatic carbocycles. The monoisotopic (exact) mass is 695 g/mol. The molecule has 0 atom stereocenters. The van der Waals surface area contributed by atoms with Crippen LogP contribution in [-0.2, 0) is 26.9 Å². The second-order valence-electron chi connectivity index (χ2n) is 12.5. The van der Waals surface area contributed by atoms with Crippen LogP contribution in [0.1, 0.15) is 88.0 Å². The van der Waals surface area contributed by atoms with Gasteiger partial charge in [-0.1, -0.05) is 0 Å². The predicted octanol–water partition coefficient (Wildman–Crippen LogP) is 9.71. The summed E-state index contributed by atoms with van der Waals surface area (Å²) in [6, 6.07) is 39.9. The number of hydrogen-bond donors (Lipinski definition) is 0. The second kappa shape index (κ2) is 16.6. The van der Waals surface area contributed by atoms with Gasteiger partial charge in [0.25, 0.3) is 0 Å². The van der Waals surface area contributed by atoms with Crippen LogP contribution in [0.5, 0.6) is 0 Å². The Morgan fingerprint density at radius 1 is 0.568 bits per heavy atom. The van der Waals surface area contributed by atoms with Crippen molar-refractivity contribution in [2.24, 2.45) is 0 Å². The van der Waals surface area contributed by atoms with Crippen molar-refractivity contribution in [3.63, 3.8) is 0 Å². The van der Waals surface area contributed by atoms with Gasteiger partial charge in [-0.3, -0.25) is 0 Å². The minimum Gasteiger partial charge on any atom is -0.147 e. The fourth-order valence-corrected chi connectivity index (χ4v) is 12.3. The molecule has 0 spiro atoms. The predicted molar refractivity (Wildman–Crippen MR) is 198 cm³/mol. The number of rotatable bonds is 9. The molecule has 0 unspecified atom stereocenters. The van der Waals surface area contributed by atoms with Crippen LogP contribution in [0.15, 0.2) is 124 Å². The van der Waals surface area contributed by atoms with Gasteiger partial charge in [-0.15, -0.1) is 37.2 Å². The molecule has 1 aliphatic carbocycles. The molecule has 0 fully saturated rings. The zero-order chi connectivity index (χ0) is 29.1. The smallest absolute Gasteiger partial charge is 0.147 e. The van der Waals surface area contributed by atoms with Crippen molar-refractivity contribution in [2.45, 2.75) is 72.1 Å². The molecule has 0 aromatic heterocycles. The van der Waals surface area contributed by atoms with Crippen LogP contribution in [0, 0.1) is 0 Å². The normalized spacial score (nSPS) is 13.0. The number of halogens is 3. The Kier molecular flexibility index (Phi) is 14.5. The van der Waals surface area contributed by atoms with Gasteiger partial charge in [0.15, 0.2) is 0 Å². The Labute approximate surface area is 297 Å². The number of benzene rings is 4. The van der Waals surface area contributed by atoms with E-state index in [1.807, 2.05) is 0 Å². The molecule has 0 N–H and O–H groups in total. The van der Waals surface area contributed by atoms with Crippen LogP contribution >= 0.6 is 37.2 Å². The summed E-state index contributed by atoms with van der Waals surface area (Å²) < 4.78 is 1.51. The van der Waals surface area contributed by atoms with E-state index in [-0.39, 0.29) is 37.2 Å². The maximum Gasteiger partial charge on any atom is -0.147 e. The molecule has 0 radical (unpaired) electrons. The third kappa shape index (κ3) is 7.75. The molecule has 1 aliphatic rings. The molecule has 0 amide bonds. The average Bonchev–Trinajstić information content (AvgIpc) is 3.34. The van der Waals surface area contributed by atoms with Crippen LogP contribution < -0.4 is 15.6 Å². The van der Waals surface area contributed by atoms with E-state index in [2.05, 4.69) is 171 Å². The second-order valence-corrected chi connectivity index (χ2v) is 17.2. The standard InChI is InChI=1S/C39H43Si.3ClH.Ti/c1-28(2)32-16-10-20-36(25-32)40(37-21-11-17-33(26-37)29(3)4,38-22-12-18-34(27-38)30(5)6)39-23-13-19-35(39)24-31-14-8-7-9-15-31;;;;/h7-12,14-18,20-23,25-30H,13,24H2,1-6H3;3*1H;. The van der Waals surface area contributed by atoms with Crippen molar-refractivity contribution in [3.05, 3.63) is 146 Å². The molecule has 0 saturated heterocycles. The molecule has 231 valence electrons. The van der Waals surface area contributed by atoms with Gasteiger partial charge in [0.05, 0.1) is 0 Å². The van der Waals surface area contributed by atoms with Crippen molar-refractivity contribution in [3.8, 4) is 0 Å². The third-order valence-electron chi connectivity index (χ3n) is 8.79. The molecule has 5 rings (SSSR count). The van der Waals surface area contributed by atoms with Crippen molar-refractivity contribution in [2.75, 3.05) is 0 Å². The van der Waals surface area contributed by atoms with Crippen molar-refractivity contribution in [1.29, 1.82) is 0 Å². The summed E-state index contributed by atoms with van der Waals surface area (Å²) in [6.07, 6.45) is 4.61. The SMILES string of the molecule is CC(C)c1cccc([Si](C2=CC[C]([Ti])=C2Cc2ccccc2)(c2cccc(C(C)C)c2)c2cccc(C(C)C)c2)c1.Cl.Cl.Cl. The fraction of sp³-hybridized carbons (Fsp3) is 0.282. The van der Waals surface area contributed by atoms with Gasteiger partial charge < -0.3 is 0 Å². The van der Waals surface area contributed by atoms with Crippen molar-refractivity contribution in [1.82, 2.24) is 0 Å². The van der Waals surface area contributed by atoms with Crippen LogP contribution in [0.4, 0.5) is 0 Å². The molecular formula is C39H46Cl3SiTi. The maximum atomic E-state index is 2.60. The van der Waals surface area contributed by atoms with Gasteiger partial charge >= 0.3 is 262 Å². The average molecular weight is 697 g/mol.